The number of amides is 3. The van der Waals surface area contributed by atoms with Crippen LogP contribution in [0.3, 0.4) is 0 Å². The number of carbonyl (C=O) groups is 4. The normalized spacial score (nSPS) is 13.6. The smallest absolute Gasteiger partial charge is 0.322 e. The second-order valence-corrected chi connectivity index (χ2v) is 7.48. The molecule has 0 radical (unpaired) electrons. The Morgan fingerprint density at radius 1 is 1.03 bits per heavy atom. The summed E-state index contributed by atoms with van der Waals surface area (Å²) in [6, 6.07) is 6.01. The molecule has 3 amide bonds. The molecular weight excluding hydrogens is 412 g/mol. The number of benzene rings is 1. The van der Waals surface area contributed by atoms with E-state index in [1.54, 1.807) is 0 Å². The fourth-order valence-electron chi connectivity index (χ4n) is 2.50. The van der Waals surface area contributed by atoms with Crippen LogP contribution in [0.2, 0.25) is 0 Å². The van der Waals surface area contributed by atoms with Crippen LogP contribution in [0.1, 0.15) is 12.0 Å². The quantitative estimate of drug-likeness (QED) is 0.214. The first-order chi connectivity index (χ1) is 14.3. The van der Waals surface area contributed by atoms with Crippen molar-refractivity contribution in [1.29, 1.82) is 0 Å². The summed E-state index contributed by atoms with van der Waals surface area (Å²) in [5, 5.41) is 25.0. The van der Waals surface area contributed by atoms with E-state index in [-0.39, 0.29) is 6.42 Å². The van der Waals surface area contributed by atoms with Crippen molar-refractivity contribution in [2.24, 2.45) is 5.73 Å². The van der Waals surface area contributed by atoms with Crippen LogP contribution in [0.4, 0.5) is 0 Å². The molecule has 7 N–H and O–H groups in total. The van der Waals surface area contributed by atoms with E-state index in [4.69, 9.17) is 10.8 Å². The van der Waals surface area contributed by atoms with Gasteiger partial charge in [0.1, 0.15) is 18.6 Å². The van der Waals surface area contributed by atoms with Crippen molar-refractivity contribution in [3.05, 3.63) is 35.9 Å². The second kappa shape index (κ2) is 13.6. The molecule has 1 rings (SSSR count). The summed E-state index contributed by atoms with van der Waals surface area (Å²) in [7, 11) is 0. The van der Waals surface area contributed by atoms with E-state index in [0.29, 0.717) is 12.2 Å². The first-order valence-electron chi connectivity index (χ1n) is 9.28. The predicted molar refractivity (Wildman–Crippen MR) is 113 cm³/mol. The highest BCUT2D eigenvalue weighted by molar-refractivity contribution is 7.98. The van der Waals surface area contributed by atoms with Crippen LogP contribution in [0.15, 0.2) is 30.3 Å². The average Bonchev–Trinajstić information content (AvgIpc) is 2.73. The van der Waals surface area contributed by atoms with Gasteiger partial charge in [0, 0.05) is 0 Å². The molecule has 0 heterocycles. The average molecular weight is 441 g/mol. The van der Waals surface area contributed by atoms with E-state index in [0.717, 1.165) is 5.56 Å². The Morgan fingerprint density at radius 2 is 1.67 bits per heavy atom. The van der Waals surface area contributed by atoms with E-state index < -0.39 is 55.0 Å². The van der Waals surface area contributed by atoms with E-state index >= 15 is 0 Å². The molecule has 166 valence electrons. The number of carboxylic acid groups (broad SMARTS) is 1. The van der Waals surface area contributed by atoms with Crippen LogP contribution in [0.25, 0.3) is 0 Å². The number of rotatable bonds is 13. The Hall–Kier alpha value is -2.63. The molecule has 0 aliphatic rings. The SMILES string of the molecule is CSCCC(NC(=O)C(N)Cc1ccccc1)C(=O)NC(CO)C(=O)NCC(=O)O. The lowest BCUT2D eigenvalue weighted by molar-refractivity contribution is -0.139. The van der Waals surface area contributed by atoms with Gasteiger partial charge in [0.25, 0.3) is 0 Å². The number of thioether (sulfide) groups is 1. The summed E-state index contributed by atoms with van der Waals surface area (Å²) < 4.78 is 0. The van der Waals surface area contributed by atoms with Gasteiger partial charge in [0.15, 0.2) is 0 Å². The van der Waals surface area contributed by atoms with Crippen molar-refractivity contribution in [3.8, 4) is 0 Å². The van der Waals surface area contributed by atoms with Gasteiger partial charge in [-0.05, 0) is 30.4 Å². The van der Waals surface area contributed by atoms with E-state index in [1.807, 2.05) is 36.6 Å². The van der Waals surface area contributed by atoms with E-state index in [9.17, 15) is 24.3 Å². The first kappa shape index (κ1) is 25.4. The van der Waals surface area contributed by atoms with Gasteiger partial charge < -0.3 is 31.9 Å². The van der Waals surface area contributed by atoms with Crippen LogP contribution in [-0.4, -0.2) is 77.2 Å². The number of aliphatic hydroxyl groups is 1. The third kappa shape index (κ3) is 9.25. The highest BCUT2D eigenvalue weighted by Gasteiger charge is 2.27. The van der Waals surface area contributed by atoms with Gasteiger partial charge in [-0.25, -0.2) is 0 Å². The zero-order valence-electron chi connectivity index (χ0n) is 16.7. The van der Waals surface area contributed by atoms with Gasteiger partial charge in [-0.2, -0.15) is 11.8 Å². The summed E-state index contributed by atoms with van der Waals surface area (Å²) >= 11 is 1.47. The predicted octanol–water partition coefficient (Wildman–Crippen LogP) is -1.53. The Balaban J connectivity index is 2.73. The van der Waals surface area contributed by atoms with E-state index in [2.05, 4.69) is 16.0 Å². The molecule has 10 nitrogen and oxygen atoms in total. The number of carboxylic acids is 1. The van der Waals surface area contributed by atoms with Crippen LogP contribution < -0.4 is 21.7 Å². The minimum atomic E-state index is -1.34. The first-order valence-corrected chi connectivity index (χ1v) is 10.7. The van der Waals surface area contributed by atoms with Gasteiger partial charge >= 0.3 is 5.97 Å². The topological polar surface area (TPSA) is 171 Å². The largest absolute Gasteiger partial charge is 0.480 e. The fraction of sp³-hybridized carbons (Fsp3) is 0.474. The number of aliphatic hydroxyl groups excluding tert-OH is 1. The molecule has 0 fully saturated rings. The van der Waals surface area contributed by atoms with Crippen molar-refractivity contribution in [2.75, 3.05) is 25.2 Å². The van der Waals surface area contributed by atoms with Crippen molar-refractivity contribution < 1.29 is 29.4 Å². The summed E-state index contributed by atoms with van der Waals surface area (Å²) in [4.78, 5) is 47.5. The zero-order chi connectivity index (χ0) is 22.5. The summed E-state index contributed by atoms with van der Waals surface area (Å²) in [6.07, 6.45) is 2.42. The molecule has 3 unspecified atom stereocenters. The maximum atomic E-state index is 12.6. The molecule has 0 spiro atoms. The van der Waals surface area contributed by atoms with Gasteiger partial charge in [-0.1, -0.05) is 30.3 Å². The molecule has 0 saturated heterocycles. The zero-order valence-corrected chi connectivity index (χ0v) is 17.5. The van der Waals surface area contributed by atoms with Gasteiger partial charge in [-0.15, -0.1) is 0 Å². The van der Waals surface area contributed by atoms with Crippen molar-refractivity contribution in [1.82, 2.24) is 16.0 Å². The highest BCUT2D eigenvalue weighted by Crippen LogP contribution is 2.05. The standard InChI is InChI=1S/C19H28N4O6S/c1-30-8-7-14(19(29)23-15(11-24)18(28)21-10-16(25)26)22-17(27)13(20)9-12-5-3-2-4-6-12/h2-6,13-15,24H,7-11,20H2,1H3,(H,21,28)(H,22,27)(H,23,29)(H,25,26). The molecular formula is C19H28N4O6S. The maximum absolute atomic E-state index is 12.6. The molecule has 1 aromatic rings. The van der Waals surface area contributed by atoms with Crippen molar-refractivity contribution >= 4 is 35.5 Å². The minimum Gasteiger partial charge on any atom is -0.480 e. The van der Waals surface area contributed by atoms with Crippen LogP contribution in [-0.2, 0) is 25.6 Å². The molecule has 1 aromatic carbocycles. The number of nitrogens with two attached hydrogens (primary N) is 1. The molecule has 0 aliphatic heterocycles. The van der Waals surface area contributed by atoms with Crippen LogP contribution in [0, 0.1) is 0 Å². The summed E-state index contributed by atoms with van der Waals surface area (Å²) in [6.45, 7) is -1.37. The third-order valence-electron chi connectivity index (χ3n) is 4.11. The lowest BCUT2D eigenvalue weighted by Gasteiger charge is -2.23. The van der Waals surface area contributed by atoms with Crippen molar-refractivity contribution in [2.45, 2.75) is 31.0 Å². The third-order valence-corrected chi connectivity index (χ3v) is 4.75. The summed E-state index contributed by atoms with van der Waals surface area (Å²) in [5.74, 6) is -2.74. The number of nitrogens with one attached hydrogen (secondary N) is 3. The number of hydrogen-bond donors (Lipinski definition) is 6. The molecule has 0 bridgehead atoms. The Bertz CT molecular complexity index is 718. The highest BCUT2D eigenvalue weighted by atomic mass is 32.2. The maximum Gasteiger partial charge on any atom is 0.322 e. The lowest BCUT2D eigenvalue weighted by atomic mass is 10.1. The Morgan fingerprint density at radius 3 is 2.23 bits per heavy atom. The lowest BCUT2D eigenvalue weighted by Crippen LogP contribution is -2.57. The molecule has 0 aliphatic carbocycles. The van der Waals surface area contributed by atoms with Crippen LogP contribution in [0.5, 0.6) is 0 Å². The number of carbonyl (C=O) groups excluding carboxylic acids is 3. The van der Waals surface area contributed by atoms with Crippen molar-refractivity contribution in [3.63, 3.8) is 0 Å². The second-order valence-electron chi connectivity index (χ2n) is 6.49. The van der Waals surface area contributed by atoms with E-state index in [1.165, 1.54) is 11.8 Å². The Kier molecular flexibility index (Phi) is 11.5. The van der Waals surface area contributed by atoms with Gasteiger partial charge in [0.2, 0.25) is 17.7 Å². The molecule has 0 saturated carbocycles. The molecule has 11 heteroatoms. The van der Waals surface area contributed by atoms with Gasteiger partial charge in [0.05, 0.1) is 12.6 Å². The number of aliphatic carboxylic acids is 1. The molecule has 3 atom stereocenters. The van der Waals surface area contributed by atoms with Crippen LogP contribution >= 0.6 is 11.8 Å². The monoisotopic (exact) mass is 440 g/mol. The Labute approximate surface area is 179 Å². The minimum absolute atomic E-state index is 0.283. The van der Waals surface area contributed by atoms with Gasteiger partial charge in [-0.3, -0.25) is 19.2 Å². The summed E-state index contributed by atoms with van der Waals surface area (Å²) in [5.41, 5.74) is 6.84. The number of hydrogen-bond acceptors (Lipinski definition) is 7. The fourth-order valence-corrected chi connectivity index (χ4v) is 2.97. The molecule has 0 aromatic heterocycles. The molecule has 30 heavy (non-hydrogen) atoms.